The second kappa shape index (κ2) is 6.75. The van der Waals surface area contributed by atoms with Crippen molar-refractivity contribution in [1.82, 2.24) is 10.3 Å². The Labute approximate surface area is 134 Å². The number of carbonyl (C=O) groups excluding carboxylic acids is 2. The first kappa shape index (κ1) is 16.9. The number of hydrogen-bond donors (Lipinski definition) is 3. The van der Waals surface area contributed by atoms with E-state index < -0.39 is 17.4 Å². The lowest BCUT2D eigenvalue weighted by Crippen LogP contribution is -2.48. The first-order valence-corrected chi connectivity index (χ1v) is 7.43. The molecule has 0 fully saturated rings. The summed E-state index contributed by atoms with van der Waals surface area (Å²) in [6, 6.07) is 7.22. The van der Waals surface area contributed by atoms with Gasteiger partial charge in [0.05, 0.1) is 11.2 Å². The Bertz CT molecular complexity index is 741. The number of pyridine rings is 1. The minimum Gasteiger partial charge on any atom is -0.396 e. The lowest BCUT2D eigenvalue weighted by Gasteiger charge is -2.24. The lowest BCUT2D eigenvalue weighted by atomic mass is 10.0. The van der Waals surface area contributed by atoms with Gasteiger partial charge in [-0.1, -0.05) is 6.07 Å². The van der Waals surface area contributed by atoms with E-state index in [2.05, 4.69) is 15.6 Å². The Hall–Kier alpha value is -2.47. The molecule has 0 spiro atoms. The zero-order valence-corrected chi connectivity index (χ0v) is 13.5. The van der Waals surface area contributed by atoms with Gasteiger partial charge in [0.1, 0.15) is 0 Å². The van der Waals surface area contributed by atoms with Crippen LogP contribution in [0.3, 0.4) is 0 Å². The van der Waals surface area contributed by atoms with Gasteiger partial charge < -0.3 is 15.7 Å². The number of nitrogens with zero attached hydrogens (tertiary/aromatic N) is 1. The Morgan fingerprint density at radius 1 is 1.22 bits per heavy atom. The molecular weight excluding hydrogens is 294 g/mol. The van der Waals surface area contributed by atoms with E-state index in [0.29, 0.717) is 12.1 Å². The van der Waals surface area contributed by atoms with E-state index in [0.717, 1.165) is 16.5 Å². The van der Waals surface area contributed by atoms with Crippen molar-refractivity contribution in [1.29, 1.82) is 0 Å². The van der Waals surface area contributed by atoms with Gasteiger partial charge in [0.25, 0.3) is 0 Å². The summed E-state index contributed by atoms with van der Waals surface area (Å²) in [7, 11) is 0. The summed E-state index contributed by atoms with van der Waals surface area (Å²) in [5.41, 5.74) is 1.66. The zero-order valence-electron chi connectivity index (χ0n) is 13.5. The summed E-state index contributed by atoms with van der Waals surface area (Å²) in [5.74, 6) is -1.48. The molecule has 1 heterocycles. The minimum absolute atomic E-state index is 0.0663. The molecule has 6 heteroatoms. The zero-order chi connectivity index (χ0) is 17.0. The Morgan fingerprint density at radius 3 is 2.65 bits per heavy atom. The predicted molar refractivity (Wildman–Crippen MR) is 89.0 cm³/mol. The van der Waals surface area contributed by atoms with Crippen LogP contribution in [0.15, 0.2) is 30.5 Å². The highest BCUT2D eigenvalue weighted by molar-refractivity contribution is 6.40. The fourth-order valence-electron chi connectivity index (χ4n) is 2.31. The van der Waals surface area contributed by atoms with Crippen LogP contribution in [-0.4, -0.2) is 34.1 Å². The monoisotopic (exact) mass is 315 g/mol. The van der Waals surface area contributed by atoms with Gasteiger partial charge in [-0.05, 0) is 51.0 Å². The summed E-state index contributed by atoms with van der Waals surface area (Å²) >= 11 is 0. The molecule has 0 radical (unpaired) electrons. The molecule has 23 heavy (non-hydrogen) atoms. The highest BCUT2D eigenvalue weighted by Gasteiger charge is 2.24. The summed E-state index contributed by atoms with van der Waals surface area (Å²) < 4.78 is 0. The molecule has 6 nitrogen and oxygen atoms in total. The van der Waals surface area contributed by atoms with Crippen molar-refractivity contribution in [2.75, 3.05) is 11.9 Å². The van der Waals surface area contributed by atoms with Crippen LogP contribution >= 0.6 is 0 Å². The van der Waals surface area contributed by atoms with Gasteiger partial charge in [-0.2, -0.15) is 0 Å². The normalized spacial score (nSPS) is 11.3. The summed E-state index contributed by atoms with van der Waals surface area (Å²) in [5, 5.41) is 15.0. The van der Waals surface area contributed by atoms with Crippen LogP contribution in [0.2, 0.25) is 0 Å². The maximum absolute atomic E-state index is 12.1. The van der Waals surface area contributed by atoms with Crippen molar-refractivity contribution in [3.63, 3.8) is 0 Å². The summed E-state index contributed by atoms with van der Waals surface area (Å²) in [4.78, 5) is 28.4. The van der Waals surface area contributed by atoms with Crippen LogP contribution in [0.1, 0.15) is 25.8 Å². The van der Waals surface area contributed by atoms with E-state index in [1.54, 1.807) is 32.2 Å². The van der Waals surface area contributed by atoms with Crippen LogP contribution in [0.4, 0.5) is 5.69 Å². The predicted octanol–water partition coefficient (Wildman–Crippen LogP) is 1.76. The molecule has 0 aliphatic rings. The van der Waals surface area contributed by atoms with E-state index in [-0.39, 0.29) is 6.61 Å². The molecule has 0 saturated heterocycles. The molecule has 2 rings (SSSR count). The Morgan fingerprint density at radius 2 is 1.96 bits per heavy atom. The van der Waals surface area contributed by atoms with E-state index in [1.807, 2.05) is 19.1 Å². The number of aliphatic hydroxyl groups excluding tert-OH is 1. The van der Waals surface area contributed by atoms with Gasteiger partial charge in [0.2, 0.25) is 0 Å². The number of carbonyl (C=O) groups is 2. The second-order valence-corrected chi connectivity index (χ2v) is 6.10. The topological polar surface area (TPSA) is 91.3 Å². The van der Waals surface area contributed by atoms with E-state index in [1.165, 1.54) is 0 Å². The molecule has 0 atom stereocenters. The Balaban J connectivity index is 2.18. The van der Waals surface area contributed by atoms with E-state index in [9.17, 15) is 9.59 Å². The van der Waals surface area contributed by atoms with Gasteiger partial charge in [-0.3, -0.25) is 14.6 Å². The van der Waals surface area contributed by atoms with Crippen molar-refractivity contribution in [3.8, 4) is 0 Å². The third kappa shape index (κ3) is 4.04. The molecule has 0 unspecified atom stereocenters. The molecule has 0 saturated carbocycles. The number of rotatable bonds is 4. The number of aromatic nitrogens is 1. The molecule has 2 aromatic rings. The highest BCUT2D eigenvalue weighted by atomic mass is 16.3. The van der Waals surface area contributed by atoms with Crippen molar-refractivity contribution >= 4 is 28.4 Å². The quantitative estimate of drug-likeness (QED) is 0.750. The van der Waals surface area contributed by atoms with Crippen LogP contribution in [0, 0.1) is 6.92 Å². The average molecular weight is 315 g/mol. The van der Waals surface area contributed by atoms with Crippen molar-refractivity contribution in [2.24, 2.45) is 0 Å². The molecule has 1 aromatic carbocycles. The van der Waals surface area contributed by atoms with Gasteiger partial charge >= 0.3 is 11.8 Å². The fourth-order valence-corrected chi connectivity index (χ4v) is 2.31. The standard InChI is InChI=1S/C17H21N3O3/c1-11-6-7-13(12-5-4-9-18-14(11)12)19-15(22)16(23)20-17(2,3)8-10-21/h4-7,9,21H,8,10H2,1-3H3,(H,19,22)(H,20,23). The number of benzene rings is 1. The minimum atomic E-state index is -0.745. The third-order valence-corrected chi connectivity index (χ3v) is 3.61. The van der Waals surface area contributed by atoms with Crippen molar-refractivity contribution in [2.45, 2.75) is 32.7 Å². The largest absolute Gasteiger partial charge is 0.396 e. The molecule has 2 amide bonds. The number of anilines is 1. The lowest BCUT2D eigenvalue weighted by molar-refractivity contribution is -0.137. The molecule has 0 bridgehead atoms. The maximum atomic E-state index is 12.1. The number of aryl methyl sites for hydroxylation is 1. The van der Waals surface area contributed by atoms with Crippen LogP contribution < -0.4 is 10.6 Å². The van der Waals surface area contributed by atoms with Crippen LogP contribution in [0.5, 0.6) is 0 Å². The number of amides is 2. The second-order valence-electron chi connectivity index (χ2n) is 6.10. The SMILES string of the molecule is Cc1ccc(NC(=O)C(=O)NC(C)(C)CCO)c2cccnc12. The fraction of sp³-hybridized carbons (Fsp3) is 0.353. The molecule has 3 N–H and O–H groups in total. The van der Waals surface area contributed by atoms with Gasteiger partial charge in [-0.15, -0.1) is 0 Å². The molecule has 0 aliphatic carbocycles. The number of hydrogen-bond acceptors (Lipinski definition) is 4. The summed E-state index contributed by atoms with van der Waals surface area (Å²) in [6.45, 7) is 5.37. The molecular formula is C17H21N3O3. The van der Waals surface area contributed by atoms with Gasteiger partial charge in [0, 0.05) is 23.7 Å². The summed E-state index contributed by atoms with van der Waals surface area (Å²) in [6.07, 6.45) is 2.05. The van der Waals surface area contributed by atoms with Crippen LogP contribution in [-0.2, 0) is 9.59 Å². The number of aliphatic hydroxyl groups is 1. The average Bonchev–Trinajstić information content (AvgIpc) is 2.49. The van der Waals surface area contributed by atoms with Crippen molar-refractivity contribution in [3.05, 3.63) is 36.0 Å². The van der Waals surface area contributed by atoms with E-state index in [4.69, 9.17) is 5.11 Å². The maximum Gasteiger partial charge on any atom is 0.313 e. The molecule has 0 aliphatic heterocycles. The highest BCUT2D eigenvalue weighted by Crippen LogP contribution is 2.24. The van der Waals surface area contributed by atoms with Gasteiger partial charge in [-0.25, -0.2) is 0 Å². The first-order chi connectivity index (χ1) is 10.8. The number of fused-ring (bicyclic) bond motifs is 1. The van der Waals surface area contributed by atoms with Gasteiger partial charge in [0.15, 0.2) is 0 Å². The molecule has 122 valence electrons. The Kier molecular flexibility index (Phi) is 4.95. The van der Waals surface area contributed by atoms with Crippen molar-refractivity contribution < 1.29 is 14.7 Å². The third-order valence-electron chi connectivity index (χ3n) is 3.61. The molecule has 1 aromatic heterocycles. The first-order valence-electron chi connectivity index (χ1n) is 7.43. The van der Waals surface area contributed by atoms with E-state index >= 15 is 0 Å². The van der Waals surface area contributed by atoms with Crippen LogP contribution in [0.25, 0.3) is 10.9 Å². The number of nitrogens with one attached hydrogen (secondary N) is 2. The smallest absolute Gasteiger partial charge is 0.313 e.